The van der Waals surface area contributed by atoms with E-state index in [4.69, 9.17) is 0 Å². The second-order valence-corrected chi connectivity index (χ2v) is 7.85. The molecule has 2 aromatic rings. The van der Waals surface area contributed by atoms with Gasteiger partial charge in [0, 0.05) is 11.6 Å². The average molecular weight is 351 g/mol. The van der Waals surface area contributed by atoms with Crippen molar-refractivity contribution in [2.24, 2.45) is 0 Å². The number of benzene rings is 2. The number of thioether (sulfide) groups is 2. The fourth-order valence-corrected chi connectivity index (χ4v) is 5.15. The van der Waals surface area contributed by atoms with Crippen LogP contribution in [0.1, 0.15) is 26.9 Å². The Hall–Kier alpha value is -1.53. The Balaban J connectivity index is 1.69. The van der Waals surface area contributed by atoms with E-state index in [1.165, 1.54) is 18.1 Å². The molecule has 1 aliphatic rings. The topological polar surface area (TPSA) is 29.1 Å². The fourth-order valence-electron chi connectivity index (χ4n) is 2.26. The van der Waals surface area contributed by atoms with E-state index in [1.807, 2.05) is 35.7 Å². The average Bonchev–Trinajstić information content (AvgIpc) is 2.58. The van der Waals surface area contributed by atoms with Crippen LogP contribution in [0.5, 0.6) is 0 Å². The normalized spacial score (nSPS) is 15.4. The van der Waals surface area contributed by atoms with E-state index in [2.05, 4.69) is 5.32 Å². The summed E-state index contributed by atoms with van der Waals surface area (Å²) < 4.78 is 26.9. The van der Waals surface area contributed by atoms with E-state index in [0.29, 0.717) is 10.1 Å². The molecule has 0 bridgehead atoms. The van der Waals surface area contributed by atoms with Crippen molar-refractivity contribution in [3.63, 3.8) is 0 Å². The van der Waals surface area contributed by atoms with Gasteiger partial charge >= 0.3 is 0 Å². The lowest BCUT2D eigenvalue weighted by atomic mass is 10.1. The Bertz CT molecular complexity index is 700. The predicted octanol–water partition coefficient (Wildman–Crippen LogP) is 5.09. The van der Waals surface area contributed by atoms with Gasteiger partial charge in [-0.15, -0.1) is 23.5 Å². The molecular weight excluding hydrogens is 336 g/mol. The van der Waals surface area contributed by atoms with Gasteiger partial charge in [0.2, 0.25) is 0 Å². The molecule has 0 aliphatic carbocycles. The number of halogens is 2. The van der Waals surface area contributed by atoms with Gasteiger partial charge < -0.3 is 5.32 Å². The molecule has 0 saturated carbocycles. The summed E-state index contributed by atoms with van der Waals surface area (Å²) in [7, 11) is 0. The van der Waals surface area contributed by atoms with E-state index in [-0.39, 0.29) is 5.69 Å². The molecular formula is C17H15F2NOS2. The quantitative estimate of drug-likeness (QED) is 0.835. The molecule has 2 nitrogen and oxygen atoms in total. The molecule has 2 aromatic carbocycles. The molecule has 23 heavy (non-hydrogen) atoms. The number of rotatable bonds is 3. The largest absolute Gasteiger partial charge is 0.319 e. The van der Waals surface area contributed by atoms with Gasteiger partial charge in [-0.25, -0.2) is 8.78 Å². The molecule has 0 aromatic heterocycles. The monoisotopic (exact) mass is 351 g/mol. The third kappa shape index (κ3) is 4.06. The van der Waals surface area contributed by atoms with Crippen LogP contribution in [0.25, 0.3) is 0 Å². The van der Waals surface area contributed by atoms with Crippen molar-refractivity contribution in [3.8, 4) is 0 Å². The summed E-state index contributed by atoms with van der Waals surface area (Å²) >= 11 is 3.83. The van der Waals surface area contributed by atoms with Gasteiger partial charge in [-0.05, 0) is 47.8 Å². The van der Waals surface area contributed by atoms with Gasteiger partial charge in [0.05, 0.1) is 10.3 Å². The fraction of sp³-hybridized carbons (Fsp3) is 0.235. The van der Waals surface area contributed by atoms with Gasteiger partial charge in [0.25, 0.3) is 5.91 Å². The number of amides is 1. The molecule has 1 N–H and O–H groups in total. The molecule has 1 saturated heterocycles. The molecule has 3 rings (SSSR count). The first-order valence-electron chi connectivity index (χ1n) is 7.23. The first-order valence-corrected chi connectivity index (χ1v) is 9.33. The zero-order valence-corrected chi connectivity index (χ0v) is 13.9. The van der Waals surface area contributed by atoms with Crippen LogP contribution in [0.4, 0.5) is 14.5 Å². The van der Waals surface area contributed by atoms with Crippen LogP contribution in [-0.2, 0) is 0 Å². The first kappa shape index (κ1) is 16.3. The van der Waals surface area contributed by atoms with Gasteiger partial charge in [0.1, 0.15) is 11.6 Å². The van der Waals surface area contributed by atoms with Crippen LogP contribution < -0.4 is 5.32 Å². The van der Waals surface area contributed by atoms with Crippen LogP contribution in [0.3, 0.4) is 0 Å². The van der Waals surface area contributed by atoms with Crippen molar-refractivity contribution in [1.82, 2.24) is 0 Å². The van der Waals surface area contributed by atoms with Gasteiger partial charge in [-0.2, -0.15) is 0 Å². The van der Waals surface area contributed by atoms with Crippen molar-refractivity contribution in [3.05, 3.63) is 65.2 Å². The molecule has 120 valence electrons. The summed E-state index contributed by atoms with van der Waals surface area (Å²) in [4.78, 5) is 12.2. The zero-order valence-electron chi connectivity index (χ0n) is 12.2. The maximum atomic E-state index is 13.6. The number of hydrogen-bond donors (Lipinski definition) is 1. The summed E-state index contributed by atoms with van der Waals surface area (Å²) in [5, 5.41) is 2.46. The van der Waals surface area contributed by atoms with E-state index < -0.39 is 17.5 Å². The molecule has 1 aliphatic heterocycles. The molecule has 0 atom stereocenters. The summed E-state index contributed by atoms with van der Waals surface area (Å²) in [6.07, 6.45) is 1.23. The zero-order chi connectivity index (χ0) is 16.2. The predicted molar refractivity (Wildman–Crippen MR) is 93.0 cm³/mol. The van der Waals surface area contributed by atoms with E-state index in [1.54, 1.807) is 12.1 Å². The standard InChI is InChI=1S/C17H15F2NOS2/c18-13-6-7-15(14(19)10-13)20-16(21)11-2-4-12(5-3-11)17-22-8-1-9-23-17/h2-7,10,17H,1,8-9H2,(H,20,21). The second-order valence-electron chi connectivity index (χ2n) is 5.13. The van der Waals surface area contributed by atoms with Crippen molar-refractivity contribution in [2.45, 2.75) is 11.0 Å². The van der Waals surface area contributed by atoms with Crippen molar-refractivity contribution < 1.29 is 13.6 Å². The highest BCUT2D eigenvalue weighted by Gasteiger charge is 2.17. The number of hydrogen-bond acceptors (Lipinski definition) is 3. The van der Waals surface area contributed by atoms with Crippen molar-refractivity contribution in [1.29, 1.82) is 0 Å². The Morgan fingerprint density at radius 2 is 1.74 bits per heavy atom. The highest BCUT2D eigenvalue weighted by atomic mass is 32.2. The Kier molecular flexibility index (Phi) is 5.23. The van der Waals surface area contributed by atoms with E-state index in [9.17, 15) is 13.6 Å². The maximum absolute atomic E-state index is 13.6. The molecule has 6 heteroatoms. The van der Waals surface area contributed by atoms with Crippen LogP contribution in [-0.4, -0.2) is 17.4 Å². The summed E-state index contributed by atoms with van der Waals surface area (Å²) in [6.45, 7) is 0. The molecule has 1 fully saturated rings. The highest BCUT2D eigenvalue weighted by molar-refractivity contribution is 8.16. The van der Waals surface area contributed by atoms with E-state index >= 15 is 0 Å². The lowest BCUT2D eigenvalue weighted by Gasteiger charge is -2.21. The first-order chi connectivity index (χ1) is 11.1. The highest BCUT2D eigenvalue weighted by Crippen LogP contribution is 2.43. The summed E-state index contributed by atoms with van der Waals surface area (Å²) in [5.41, 5.74) is 1.60. The number of carbonyl (C=O) groups excluding carboxylic acids is 1. The maximum Gasteiger partial charge on any atom is 0.255 e. The van der Waals surface area contributed by atoms with Crippen LogP contribution in [0.2, 0.25) is 0 Å². The number of anilines is 1. The molecule has 1 amide bonds. The summed E-state index contributed by atoms with van der Waals surface area (Å²) in [6, 6.07) is 10.4. The minimum atomic E-state index is -0.787. The smallest absolute Gasteiger partial charge is 0.255 e. The van der Waals surface area contributed by atoms with Crippen LogP contribution in [0, 0.1) is 11.6 Å². The molecule has 1 heterocycles. The second kappa shape index (κ2) is 7.36. The Morgan fingerprint density at radius 1 is 1.04 bits per heavy atom. The minimum absolute atomic E-state index is 0.0288. The van der Waals surface area contributed by atoms with Crippen LogP contribution >= 0.6 is 23.5 Å². The van der Waals surface area contributed by atoms with Crippen molar-refractivity contribution >= 4 is 35.1 Å². The van der Waals surface area contributed by atoms with Crippen molar-refractivity contribution in [2.75, 3.05) is 16.8 Å². The third-order valence-electron chi connectivity index (χ3n) is 3.45. The Labute approximate surface area is 142 Å². The van der Waals surface area contributed by atoms with Gasteiger partial charge in [-0.3, -0.25) is 4.79 Å². The number of carbonyl (C=O) groups is 1. The van der Waals surface area contributed by atoms with Gasteiger partial charge in [0.15, 0.2) is 0 Å². The molecule has 0 radical (unpaired) electrons. The minimum Gasteiger partial charge on any atom is -0.319 e. The molecule has 0 unspecified atom stereocenters. The van der Waals surface area contributed by atoms with Crippen LogP contribution in [0.15, 0.2) is 42.5 Å². The third-order valence-corrected chi connectivity index (χ3v) is 6.47. The Morgan fingerprint density at radius 3 is 2.39 bits per heavy atom. The summed E-state index contributed by atoms with van der Waals surface area (Å²) in [5.74, 6) is 0.441. The SMILES string of the molecule is O=C(Nc1ccc(F)cc1F)c1ccc(C2SCCCS2)cc1. The lowest BCUT2D eigenvalue weighted by Crippen LogP contribution is -2.13. The van der Waals surface area contributed by atoms with E-state index in [0.717, 1.165) is 23.6 Å². The molecule has 0 spiro atoms. The lowest BCUT2D eigenvalue weighted by molar-refractivity contribution is 0.102. The number of nitrogens with one attached hydrogen (secondary N) is 1. The van der Waals surface area contributed by atoms with Gasteiger partial charge in [-0.1, -0.05) is 12.1 Å².